The van der Waals surface area contributed by atoms with E-state index in [0.717, 1.165) is 12.1 Å². The maximum absolute atomic E-state index is 11.1. The molecule has 0 bridgehead atoms. The second-order valence-corrected chi connectivity index (χ2v) is 5.94. The number of rotatable bonds is 5. The Labute approximate surface area is 130 Å². The Morgan fingerprint density at radius 3 is 2.81 bits per heavy atom. The number of hydrogen-bond donors (Lipinski definition) is 0. The Kier molecular flexibility index (Phi) is 4.66. The van der Waals surface area contributed by atoms with Crippen molar-refractivity contribution in [1.29, 1.82) is 0 Å². The summed E-state index contributed by atoms with van der Waals surface area (Å²) in [6.45, 7) is 5.81. The van der Waals surface area contributed by atoms with E-state index in [9.17, 15) is 10.1 Å². The minimum Gasteiger partial charge on any atom is -0.258 e. The van der Waals surface area contributed by atoms with E-state index < -0.39 is 0 Å². The molecular weight excluding hydrogens is 338 g/mol. The lowest BCUT2D eigenvalue weighted by Crippen LogP contribution is -2.07. The lowest BCUT2D eigenvalue weighted by atomic mass is 10.1. The number of alkyl halides is 1. The van der Waals surface area contributed by atoms with Crippen LogP contribution in [0.1, 0.15) is 40.7 Å². The van der Waals surface area contributed by atoms with Crippen molar-refractivity contribution in [3.8, 4) is 0 Å². The lowest BCUT2D eigenvalue weighted by molar-refractivity contribution is -0.386. The Bertz CT molecular complexity index is 671. The Hall–Kier alpha value is -1.83. The van der Waals surface area contributed by atoms with Crippen LogP contribution in [0.2, 0.25) is 0 Å². The van der Waals surface area contributed by atoms with Crippen LogP contribution >= 0.6 is 15.9 Å². The summed E-state index contributed by atoms with van der Waals surface area (Å²) >= 11 is 3.52. The summed E-state index contributed by atoms with van der Waals surface area (Å²) in [7, 11) is 0. The summed E-state index contributed by atoms with van der Waals surface area (Å²) in [4.78, 5) is 15.2. The van der Waals surface area contributed by atoms with Gasteiger partial charge in [0.1, 0.15) is 0 Å². The standard InChI is InChI=1S/C13H16BrN5O2/c1-4-10(14)12-7-18(17-16-12)6-11-9(3)13(19(20)21)8(2)5-15-11/h5,7,10H,4,6H2,1-3H3. The first-order chi connectivity index (χ1) is 9.93. The van der Waals surface area contributed by atoms with Gasteiger partial charge in [0, 0.05) is 11.8 Å². The van der Waals surface area contributed by atoms with E-state index >= 15 is 0 Å². The smallest absolute Gasteiger partial charge is 0.258 e. The third kappa shape index (κ3) is 3.26. The van der Waals surface area contributed by atoms with Gasteiger partial charge in [-0.2, -0.15) is 0 Å². The van der Waals surface area contributed by atoms with Crippen LogP contribution in [-0.2, 0) is 6.54 Å². The zero-order chi connectivity index (χ0) is 15.6. The summed E-state index contributed by atoms with van der Waals surface area (Å²) in [6, 6.07) is 0. The molecule has 0 radical (unpaired) electrons. The molecule has 7 nitrogen and oxygen atoms in total. The number of nitrogens with zero attached hydrogens (tertiary/aromatic N) is 5. The average molecular weight is 354 g/mol. The molecule has 0 fully saturated rings. The first-order valence-corrected chi connectivity index (χ1v) is 7.49. The van der Waals surface area contributed by atoms with Gasteiger partial charge in [0.2, 0.25) is 0 Å². The highest BCUT2D eigenvalue weighted by molar-refractivity contribution is 9.09. The minimum atomic E-state index is -0.367. The molecule has 0 amide bonds. The topological polar surface area (TPSA) is 86.7 Å². The molecule has 2 aromatic heterocycles. The predicted molar refractivity (Wildman–Crippen MR) is 81.4 cm³/mol. The van der Waals surface area contributed by atoms with Gasteiger partial charge in [-0.05, 0) is 20.3 Å². The highest BCUT2D eigenvalue weighted by Gasteiger charge is 2.19. The van der Waals surface area contributed by atoms with Gasteiger partial charge in [-0.3, -0.25) is 15.1 Å². The van der Waals surface area contributed by atoms with Crippen LogP contribution < -0.4 is 0 Å². The van der Waals surface area contributed by atoms with Gasteiger partial charge in [-0.1, -0.05) is 28.1 Å². The first kappa shape index (κ1) is 15.6. The SMILES string of the molecule is CCC(Br)c1cn(Cc2ncc(C)c([N+](=O)[O-])c2C)nn1. The number of pyridine rings is 1. The van der Waals surface area contributed by atoms with E-state index in [0.29, 0.717) is 23.4 Å². The van der Waals surface area contributed by atoms with E-state index in [-0.39, 0.29) is 15.4 Å². The maximum atomic E-state index is 11.1. The fourth-order valence-corrected chi connectivity index (χ4v) is 2.31. The first-order valence-electron chi connectivity index (χ1n) is 6.57. The highest BCUT2D eigenvalue weighted by atomic mass is 79.9. The van der Waals surface area contributed by atoms with Crippen molar-refractivity contribution in [3.63, 3.8) is 0 Å². The highest BCUT2D eigenvalue weighted by Crippen LogP contribution is 2.26. The van der Waals surface area contributed by atoms with Crippen molar-refractivity contribution < 1.29 is 4.92 Å². The summed E-state index contributed by atoms with van der Waals surface area (Å²) in [5, 5.41) is 19.3. The molecule has 2 aromatic rings. The van der Waals surface area contributed by atoms with Crippen molar-refractivity contribution in [2.45, 2.75) is 38.6 Å². The second-order valence-electron chi connectivity index (χ2n) is 4.84. The van der Waals surface area contributed by atoms with Gasteiger partial charge in [-0.15, -0.1) is 5.10 Å². The molecule has 2 heterocycles. The van der Waals surface area contributed by atoms with Crippen molar-refractivity contribution in [2.75, 3.05) is 0 Å². The number of halogens is 1. The van der Waals surface area contributed by atoms with E-state index in [1.165, 1.54) is 6.20 Å². The van der Waals surface area contributed by atoms with Gasteiger partial charge in [-0.25, -0.2) is 4.68 Å². The number of aromatic nitrogens is 4. The Morgan fingerprint density at radius 2 is 2.19 bits per heavy atom. The summed E-state index contributed by atoms with van der Waals surface area (Å²) in [6.07, 6.45) is 4.26. The molecule has 0 aliphatic rings. The maximum Gasteiger partial charge on any atom is 0.278 e. The lowest BCUT2D eigenvalue weighted by Gasteiger charge is -2.07. The third-order valence-electron chi connectivity index (χ3n) is 3.31. The van der Waals surface area contributed by atoms with Crippen LogP contribution in [0.15, 0.2) is 12.4 Å². The molecule has 112 valence electrons. The molecule has 2 rings (SSSR count). The molecule has 0 saturated carbocycles. The van der Waals surface area contributed by atoms with Crippen molar-refractivity contribution in [2.24, 2.45) is 0 Å². The average Bonchev–Trinajstić information content (AvgIpc) is 2.89. The van der Waals surface area contributed by atoms with Crippen LogP contribution in [0, 0.1) is 24.0 Å². The van der Waals surface area contributed by atoms with Crippen molar-refractivity contribution in [1.82, 2.24) is 20.0 Å². The van der Waals surface area contributed by atoms with E-state index in [2.05, 4.69) is 31.2 Å². The monoisotopic (exact) mass is 353 g/mol. The number of nitro groups is 1. The zero-order valence-corrected chi connectivity index (χ0v) is 13.7. The fourth-order valence-electron chi connectivity index (χ4n) is 2.10. The quantitative estimate of drug-likeness (QED) is 0.468. The molecule has 0 N–H and O–H groups in total. The molecule has 1 unspecified atom stereocenters. The minimum absolute atomic E-state index is 0.118. The zero-order valence-electron chi connectivity index (χ0n) is 12.1. The molecular formula is C13H16BrN5O2. The molecule has 0 aliphatic carbocycles. The Balaban J connectivity index is 2.30. The van der Waals surface area contributed by atoms with E-state index in [1.54, 1.807) is 18.5 Å². The van der Waals surface area contributed by atoms with Crippen molar-refractivity contribution >= 4 is 21.6 Å². The van der Waals surface area contributed by atoms with Gasteiger partial charge < -0.3 is 0 Å². The van der Waals surface area contributed by atoms with Crippen LogP contribution in [0.25, 0.3) is 0 Å². The van der Waals surface area contributed by atoms with Crippen LogP contribution in [0.4, 0.5) is 5.69 Å². The summed E-state index contributed by atoms with van der Waals surface area (Å²) < 4.78 is 1.65. The van der Waals surface area contributed by atoms with E-state index in [4.69, 9.17) is 0 Å². The van der Waals surface area contributed by atoms with Crippen LogP contribution in [0.3, 0.4) is 0 Å². The van der Waals surface area contributed by atoms with Crippen LogP contribution in [0.5, 0.6) is 0 Å². The summed E-state index contributed by atoms with van der Waals surface area (Å²) in [5.41, 5.74) is 2.73. The summed E-state index contributed by atoms with van der Waals surface area (Å²) in [5.74, 6) is 0. The van der Waals surface area contributed by atoms with E-state index in [1.807, 2.05) is 13.1 Å². The molecule has 8 heteroatoms. The molecule has 21 heavy (non-hydrogen) atoms. The Morgan fingerprint density at radius 1 is 1.48 bits per heavy atom. The van der Waals surface area contributed by atoms with Crippen molar-refractivity contribution in [3.05, 3.63) is 45.0 Å². The molecule has 0 aliphatic heterocycles. The number of hydrogen-bond acceptors (Lipinski definition) is 5. The normalized spacial score (nSPS) is 12.4. The molecule has 1 atom stereocenters. The fraction of sp³-hybridized carbons (Fsp3) is 0.462. The second kappa shape index (κ2) is 6.30. The largest absolute Gasteiger partial charge is 0.278 e. The van der Waals surface area contributed by atoms with Gasteiger partial charge in [0.05, 0.1) is 39.4 Å². The van der Waals surface area contributed by atoms with Gasteiger partial charge in [0.25, 0.3) is 5.69 Å². The van der Waals surface area contributed by atoms with Gasteiger partial charge >= 0.3 is 0 Å². The predicted octanol–water partition coefficient (Wildman–Crippen LogP) is 3.09. The van der Waals surface area contributed by atoms with Gasteiger partial charge in [0.15, 0.2) is 0 Å². The molecule has 0 saturated heterocycles. The third-order valence-corrected chi connectivity index (χ3v) is 4.42. The number of aryl methyl sites for hydroxylation is 1. The van der Waals surface area contributed by atoms with Crippen LogP contribution in [-0.4, -0.2) is 24.9 Å². The molecule has 0 spiro atoms. The molecule has 0 aromatic carbocycles.